The maximum absolute atomic E-state index is 8.77. The second-order valence-electron chi connectivity index (χ2n) is 3.00. The van der Waals surface area contributed by atoms with Crippen LogP contribution in [0.15, 0.2) is 0 Å². The number of tetrazole rings is 1. The monoisotopic (exact) mass is 184 g/mol. The molecule has 0 unspecified atom stereocenters. The smallest absolute Gasteiger partial charge is 0.154 e. The summed E-state index contributed by atoms with van der Waals surface area (Å²) in [5, 5.41) is 20.2. The van der Waals surface area contributed by atoms with Crippen molar-refractivity contribution in [3.05, 3.63) is 5.82 Å². The fraction of sp³-hybridized carbons (Fsp3) is 0.875. The molecule has 74 valence electrons. The first-order valence-corrected chi connectivity index (χ1v) is 4.70. The van der Waals surface area contributed by atoms with E-state index in [1.54, 1.807) is 4.68 Å². The number of hydrogen-bond donors (Lipinski definition) is 1. The molecule has 0 saturated carbocycles. The van der Waals surface area contributed by atoms with Gasteiger partial charge in [-0.15, -0.1) is 5.10 Å². The predicted octanol–water partition coefficient (Wildman–Crippen LogP) is 0.569. The van der Waals surface area contributed by atoms with Crippen molar-refractivity contribution in [3.63, 3.8) is 0 Å². The summed E-state index contributed by atoms with van der Waals surface area (Å²) in [4.78, 5) is 0. The average molecular weight is 184 g/mol. The van der Waals surface area contributed by atoms with Gasteiger partial charge in [-0.25, -0.2) is 4.68 Å². The van der Waals surface area contributed by atoms with Crippen molar-refractivity contribution in [1.82, 2.24) is 20.2 Å². The van der Waals surface area contributed by atoms with Crippen molar-refractivity contribution in [2.75, 3.05) is 6.61 Å². The van der Waals surface area contributed by atoms with Crippen LogP contribution in [0.3, 0.4) is 0 Å². The Labute approximate surface area is 77.8 Å². The van der Waals surface area contributed by atoms with Crippen LogP contribution in [-0.4, -0.2) is 31.9 Å². The quantitative estimate of drug-likeness (QED) is 0.726. The Kier molecular flexibility index (Phi) is 3.82. The number of aliphatic hydroxyl groups is 1. The second-order valence-corrected chi connectivity index (χ2v) is 3.00. The van der Waals surface area contributed by atoms with Crippen LogP contribution in [-0.2, 0) is 6.54 Å². The van der Waals surface area contributed by atoms with E-state index in [1.165, 1.54) is 0 Å². The Hall–Kier alpha value is -0.970. The van der Waals surface area contributed by atoms with Gasteiger partial charge in [0.25, 0.3) is 0 Å². The van der Waals surface area contributed by atoms with Gasteiger partial charge in [-0.3, -0.25) is 0 Å². The van der Waals surface area contributed by atoms with E-state index in [0.29, 0.717) is 12.5 Å². The van der Waals surface area contributed by atoms with E-state index in [9.17, 15) is 0 Å². The number of nitrogens with zero attached hydrogens (tertiary/aromatic N) is 4. The molecule has 1 aromatic heterocycles. The normalized spacial score (nSPS) is 11.1. The van der Waals surface area contributed by atoms with E-state index in [0.717, 1.165) is 18.7 Å². The van der Waals surface area contributed by atoms with Crippen LogP contribution in [0.25, 0.3) is 0 Å². The van der Waals surface area contributed by atoms with Gasteiger partial charge in [0.15, 0.2) is 5.82 Å². The van der Waals surface area contributed by atoms with Crippen molar-refractivity contribution >= 4 is 0 Å². The summed E-state index contributed by atoms with van der Waals surface area (Å²) in [6, 6.07) is 0. The lowest BCUT2D eigenvalue weighted by Gasteiger charge is -2.10. The molecule has 0 aliphatic rings. The highest BCUT2D eigenvalue weighted by atomic mass is 16.3. The molecule has 0 fully saturated rings. The van der Waals surface area contributed by atoms with Crippen LogP contribution in [0.2, 0.25) is 0 Å². The zero-order valence-electron chi connectivity index (χ0n) is 8.14. The van der Waals surface area contributed by atoms with Crippen molar-refractivity contribution in [3.8, 4) is 0 Å². The van der Waals surface area contributed by atoms with Gasteiger partial charge in [0.2, 0.25) is 0 Å². The minimum Gasteiger partial charge on any atom is -0.394 e. The fourth-order valence-electron chi connectivity index (χ4n) is 1.41. The van der Waals surface area contributed by atoms with Crippen LogP contribution in [0.5, 0.6) is 0 Å². The van der Waals surface area contributed by atoms with E-state index in [4.69, 9.17) is 5.11 Å². The Morgan fingerprint density at radius 2 is 2.08 bits per heavy atom. The molecule has 0 amide bonds. The Morgan fingerprint density at radius 3 is 2.62 bits per heavy atom. The van der Waals surface area contributed by atoms with Crippen LogP contribution in [0.4, 0.5) is 0 Å². The Bertz CT molecular complexity index is 244. The van der Waals surface area contributed by atoms with Crippen LogP contribution >= 0.6 is 0 Å². The van der Waals surface area contributed by atoms with E-state index >= 15 is 0 Å². The first-order chi connectivity index (χ1) is 6.33. The van der Waals surface area contributed by atoms with Crippen LogP contribution in [0, 0.1) is 0 Å². The highest BCUT2D eigenvalue weighted by Gasteiger charge is 2.14. The zero-order chi connectivity index (χ0) is 9.68. The highest BCUT2D eigenvalue weighted by Crippen LogP contribution is 2.19. The third-order valence-electron chi connectivity index (χ3n) is 2.22. The molecule has 5 nitrogen and oxygen atoms in total. The summed E-state index contributed by atoms with van der Waals surface area (Å²) in [6.07, 6.45) is 2.06. The summed E-state index contributed by atoms with van der Waals surface area (Å²) < 4.78 is 1.68. The van der Waals surface area contributed by atoms with Gasteiger partial charge >= 0.3 is 0 Å². The van der Waals surface area contributed by atoms with Gasteiger partial charge in [0.1, 0.15) is 0 Å². The summed E-state index contributed by atoms with van der Waals surface area (Å²) in [5.41, 5.74) is 0. The van der Waals surface area contributed by atoms with E-state index in [2.05, 4.69) is 29.4 Å². The summed E-state index contributed by atoms with van der Waals surface area (Å²) in [5.74, 6) is 1.29. The Morgan fingerprint density at radius 1 is 1.38 bits per heavy atom. The van der Waals surface area contributed by atoms with Gasteiger partial charge in [-0.2, -0.15) is 0 Å². The predicted molar refractivity (Wildman–Crippen MR) is 48.2 cm³/mol. The molecule has 1 aromatic rings. The minimum absolute atomic E-state index is 0.0815. The van der Waals surface area contributed by atoms with Crippen molar-refractivity contribution in [2.45, 2.75) is 39.2 Å². The molecule has 0 spiro atoms. The van der Waals surface area contributed by atoms with Crippen LogP contribution in [0.1, 0.15) is 38.4 Å². The lowest BCUT2D eigenvalue weighted by molar-refractivity contribution is 0.264. The number of aliphatic hydroxyl groups excluding tert-OH is 1. The number of aromatic nitrogens is 4. The minimum atomic E-state index is 0.0815. The average Bonchev–Trinajstić information content (AvgIpc) is 2.57. The van der Waals surface area contributed by atoms with Gasteiger partial charge in [0.05, 0.1) is 13.2 Å². The molecule has 1 N–H and O–H groups in total. The molecule has 0 bridgehead atoms. The molecule has 0 radical (unpaired) electrons. The molecule has 0 aliphatic carbocycles. The topological polar surface area (TPSA) is 63.8 Å². The molecule has 0 atom stereocenters. The molecule has 1 heterocycles. The molecule has 5 heteroatoms. The molecular weight excluding hydrogens is 168 g/mol. The third-order valence-corrected chi connectivity index (χ3v) is 2.22. The Balaban J connectivity index is 2.78. The summed E-state index contributed by atoms with van der Waals surface area (Å²) >= 11 is 0. The van der Waals surface area contributed by atoms with E-state index < -0.39 is 0 Å². The van der Waals surface area contributed by atoms with Gasteiger partial charge < -0.3 is 5.11 Å². The van der Waals surface area contributed by atoms with Gasteiger partial charge in [-0.1, -0.05) is 13.8 Å². The molecule has 0 aromatic carbocycles. The second kappa shape index (κ2) is 4.91. The largest absolute Gasteiger partial charge is 0.394 e. The fourth-order valence-corrected chi connectivity index (χ4v) is 1.41. The van der Waals surface area contributed by atoms with Crippen molar-refractivity contribution in [2.24, 2.45) is 0 Å². The zero-order valence-corrected chi connectivity index (χ0v) is 8.14. The first-order valence-electron chi connectivity index (χ1n) is 4.70. The number of hydrogen-bond acceptors (Lipinski definition) is 4. The van der Waals surface area contributed by atoms with Gasteiger partial charge in [0, 0.05) is 5.92 Å². The lowest BCUT2D eigenvalue weighted by Crippen LogP contribution is -2.12. The molecular formula is C8H16N4O. The highest BCUT2D eigenvalue weighted by molar-refractivity contribution is 4.92. The lowest BCUT2D eigenvalue weighted by atomic mass is 10.0. The molecule has 0 saturated heterocycles. The molecule has 1 rings (SSSR count). The van der Waals surface area contributed by atoms with Crippen molar-refractivity contribution in [1.29, 1.82) is 0 Å². The van der Waals surface area contributed by atoms with E-state index in [1.807, 2.05) is 0 Å². The molecule has 0 aliphatic heterocycles. The van der Waals surface area contributed by atoms with Crippen molar-refractivity contribution < 1.29 is 5.11 Å². The maximum Gasteiger partial charge on any atom is 0.154 e. The third kappa shape index (κ3) is 2.24. The summed E-state index contributed by atoms with van der Waals surface area (Å²) in [6.45, 7) is 4.80. The SMILES string of the molecule is CCC(CC)c1nnnn1CCO. The van der Waals surface area contributed by atoms with Gasteiger partial charge in [-0.05, 0) is 23.3 Å². The van der Waals surface area contributed by atoms with Crippen LogP contribution < -0.4 is 0 Å². The number of rotatable bonds is 5. The standard InChI is InChI=1S/C8H16N4O/c1-3-7(4-2)8-9-10-11-12(8)5-6-13/h7,13H,3-6H2,1-2H3. The van der Waals surface area contributed by atoms with E-state index in [-0.39, 0.29) is 6.61 Å². The maximum atomic E-state index is 8.77. The summed E-state index contributed by atoms with van der Waals surface area (Å²) in [7, 11) is 0. The first kappa shape index (κ1) is 10.1. The molecule has 13 heavy (non-hydrogen) atoms.